The lowest BCUT2D eigenvalue weighted by Gasteiger charge is -2.36. The van der Waals surface area contributed by atoms with Gasteiger partial charge in [0, 0.05) is 58.4 Å². The highest BCUT2D eigenvalue weighted by atomic mass is 16.5. The van der Waals surface area contributed by atoms with Crippen LogP contribution < -0.4 is 10.1 Å². The van der Waals surface area contributed by atoms with Gasteiger partial charge in [0.05, 0.1) is 12.7 Å². The SMILES string of the molecule is COc1ccc(NC(=O)CCC(C)N2CCN(C)CC2)cc1C(=O)N(C)C. The van der Waals surface area contributed by atoms with Gasteiger partial charge in [-0.15, -0.1) is 0 Å². The third-order valence-corrected chi connectivity index (χ3v) is 5.07. The first-order valence-corrected chi connectivity index (χ1v) is 9.44. The van der Waals surface area contributed by atoms with Crippen molar-refractivity contribution in [3.05, 3.63) is 23.8 Å². The van der Waals surface area contributed by atoms with Crippen molar-refractivity contribution in [1.82, 2.24) is 14.7 Å². The maximum absolute atomic E-state index is 12.4. The van der Waals surface area contributed by atoms with Crippen LogP contribution in [0.15, 0.2) is 18.2 Å². The Kier molecular flexibility index (Phi) is 7.62. The van der Waals surface area contributed by atoms with E-state index < -0.39 is 0 Å². The second-order valence-corrected chi connectivity index (χ2v) is 7.39. The van der Waals surface area contributed by atoms with Crippen molar-refractivity contribution in [3.8, 4) is 5.75 Å². The number of piperazine rings is 1. The molecule has 7 nitrogen and oxygen atoms in total. The highest BCUT2D eigenvalue weighted by Crippen LogP contribution is 2.24. The number of ether oxygens (including phenoxy) is 1. The van der Waals surface area contributed by atoms with Gasteiger partial charge in [0.2, 0.25) is 5.91 Å². The van der Waals surface area contributed by atoms with E-state index in [1.54, 1.807) is 32.3 Å². The number of carbonyl (C=O) groups excluding carboxylic acids is 2. The molecule has 0 aromatic heterocycles. The smallest absolute Gasteiger partial charge is 0.257 e. The van der Waals surface area contributed by atoms with Crippen LogP contribution in [0.25, 0.3) is 0 Å². The standard InChI is InChI=1S/C20H32N4O3/c1-15(24-12-10-23(4)11-13-24)6-9-19(25)21-16-7-8-18(27-5)17(14-16)20(26)22(2)3/h7-8,14-15H,6,9-13H2,1-5H3,(H,21,25). The van der Waals surface area contributed by atoms with Crippen LogP contribution in [0.1, 0.15) is 30.1 Å². The van der Waals surface area contributed by atoms with Crippen molar-refractivity contribution in [2.45, 2.75) is 25.8 Å². The summed E-state index contributed by atoms with van der Waals surface area (Å²) in [6.07, 6.45) is 1.27. The van der Waals surface area contributed by atoms with Gasteiger partial charge in [-0.1, -0.05) is 0 Å². The summed E-state index contributed by atoms with van der Waals surface area (Å²) in [5.74, 6) is 0.298. The van der Waals surface area contributed by atoms with E-state index in [1.165, 1.54) is 12.0 Å². The summed E-state index contributed by atoms with van der Waals surface area (Å²) in [5, 5.41) is 2.90. The van der Waals surface area contributed by atoms with Gasteiger partial charge >= 0.3 is 0 Å². The molecule has 27 heavy (non-hydrogen) atoms. The number of likely N-dealkylation sites (N-methyl/N-ethyl adjacent to an activating group) is 1. The lowest BCUT2D eigenvalue weighted by molar-refractivity contribution is -0.116. The zero-order valence-corrected chi connectivity index (χ0v) is 17.1. The topological polar surface area (TPSA) is 65.1 Å². The molecule has 2 amide bonds. The molecule has 1 heterocycles. The highest BCUT2D eigenvalue weighted by Gasteiger charge is 2.20. The quantitative estimate of drug-likeness (QED) is 0.785. The Balaban J connectivity index is 1.91. The molecule has 1 unspecified atom stereocenters. The average molecular weight is 377 g/mol. The lowest BCUT2D eigenvalue weighted by Crippen LogP contribution is -2.48. The van der Waals surface area contributed by atoms with Gasteiger partial charge in [-0.05, 0) is 38.6 Å². The Morgan fingerprint density at radius 2 is 1.89 bits per heavy atom. The monoisotopic (exact) mass is 376 g/mol. The molecule has 0 aliphatic carbocycles. The van der Waals surface area contributed by atoms with Gasteiger partial charge in [-0.2, -0.15) is 0 Å². The van der Waals surface area contributed by atoms with Crippen molar-refractivity contribution in [2.75, 3.05) is 59.7 Å². The number of rotatable bonds is 7. The molecule has 1 aliphatic rings. The van der Waals surface area contributed by atoms with Crippen LogP contribution in [0.4, 0.5) is 5.69 Å². The maximum Gasteiger partial charge on any atom is 0.257 e. The van der Waals surface area contributed by atoms with E-state index in [4.69, 9.17) is 4.74 Å². The van der Waals surface area contributed by atoms with Gasteiger partial charge < -0.3 is 19.9 Å². The first-order valence-electron chi connectivity index (χ1n) is 9.44. The zero-order chi connectivity index (χ0) is 20.0. The largest absolute Gasteiger partial charge is 0.496 e. The van der Waals surface area contributed by atoms with E-state index in [-0.39, 0.29) is 11.8 Å². The molecule has 2 rings (SSSR count). The predicted octanol–water partition coefficient (Wildman–Crippen LogP) is 1.75. The predicted molar refractivity (Wildman–Crippen MR) is 107 cm³/mol. The van der Waals surface area contributed by atoms with Gasteiger partial charge in [0.1, 0.15) is 5.75 Å². The first kappa shape index (κ1) is 21.2. The van der Waals surface area contributed by atoms with Gasteiger partial charge in [0.25, 0.3) is 5.91 Å². The fraction of sp³-hybridized carbons (Fsp3) is 0.600. The fourth-order valence-corrected chi connectivity index (χ4v) is 3.20. The minimum atomic E-state index is -0.161. The summed E-state index contributed by atoms with van der Waals surface area (Å²) in [5.41, 5.74) is 1.05. The molecular weight excluding hydrogens is 344 g/mol. The lowest BCUT2D eigenvalue weighted by atomic mass is 10.1. The third kappa shape index (κ3) is 5.94. The Labute approximate surface area is 162 Å². The molecule has 0 bridgehead atoms. The number of amides is 2. The van der Waals surface area contributed by atoms with Crippen molar-refractivity contribution in [2.24, 2.45) is 0 Å². The summed E-state index contributed by atoms with van der Waals surface area (Å²) >= 11 is 0. The molecule has 1 aromatic carbocycles. The van der Waals surface area contributed by atoms with Gasteiger partial charge in [-0.3, -0.25) is 14.5 Å². The highest BCUT2D eigenvalue weighted by molar-refractivity contribution is 5.99. The average Bonchev–Trinajstić information content (AvgIpc) is 2.65. The number of carbonyl (C=O) groups is 2. The van der Waals surface area contributed by atoms with E-state index in [0.29, 0.717) is 29.5 Å². The van der Waals surface area contributed by atoms with Crippen molar-refractivity contribution in [1.29, 1.82) is 0 Å². The second-order valence-electron chi connectivity index (χ2n) is 7.39. The van der Waals surface area contributed by atoms with Crippen molar-refractivity contribution in [3.63, 3.8) is 0 Å². The summed E-state index contributed by atoms with van der Waals surface area (Å²) in [4.78, 5) is 30.9. The number of hydrogen-bond acceptors (Lipinski definition) is 5. The fourth-order valence-electron chi connectivity index (χ4n) is 3.20. The van der Waals surface area contributed by atoms with Gasteiger partial charge in [0.15, 0.2) is 0 Å². The Morgan fingerprint density at radius 3 is 2.48 bits per heavy atom. The van der Waals surface area contributed by atoms with Crippen LogP contribution in [-0.2, 0) is 4.79 Å². The van der Waals surface area contributed by atoms with Crippen LogP contribution in [0.3, 0.4) is 0 Å². The zero-order valence-electron chi connectivity index (χ0n) is 17.1. The molecule has 0 radical (unpaired) electrons. The molecule has 1 N–H and O–H groups in total. The minimum Gasteiger partial charge on any atom is -0.496 e. The van der Waals surface area contributed by atoms with Gasteiger partial charge in [-0.25, -0.2) is 0 Å². The number of hydrogen-bond donors (Lipinski definition) is 1. The van der Waals surface area contributed by atoms with Crippen LogP contribution in [0.5, 0.6) is 5.75 Å². The van der Waals surface area contributed by atoms with E-state index in [0.717, 1.165) is 32.6 Å². The van der Waals surface area contributed by atoms with Crippen molar-refractivity contribution < 1.29 is 14.3 Å². The number of benzene rings is 1. The van der Waals surface area contributed by atoms with Crippen LogP contribution in [0, 0.1) is 0 Å². The minimum absolute atomic E-state index is 0.0376. The molecule has 7 heteroatoms. The van der Waals surface area contributed by atoms with Crippen molar-refractivity contribution >= 4 is 17.5 Å². The Morgan fingerprint density at radius 1 is 1.22 bits per heavy atom. The number of nitrogens with one attached hydrogen (secondary N) is 1. The molecule has 1 saturated heterocycles. The normalized spacial score (nSPS) is 16.6. The second kappa shape index (κ2) is 9.71. The molecule has 150 valence electrons. The number of anilines is 1. The maximum atomic E-state index is 12.4. The van der Waals surface area contributed by atoms with E-state index >= 15 is 0 Å². The molecular formula is C20H32N4O3. The summed E-state index contributed by atoms with van der Waals surface area (Å²) in [7, 11) is 7.04. The molecule has 0 saturated carbocycles. The number of nitrogens with zero attached hydrogens (tertiary/aromatic N) is 3. The van der Waals surface area contributed by atoms with Crippen LogP contribution in [0.2, 0.25) is 0 Å². The summed E-state index contributed by atoms with van der Waals surface area (Å²) < 4.78 is 5.26. The first-order chi connectivity index (χ1) is 12.8. The molecule has 1 aromatic rings. The Bertz CT molecular complexity index is 655. The van der Waals surface area contributed by atoms with E-state index in [1.807, 2.05) is 0 Å². The van der Waals surface area contributed by atoms with E-state index in [9.17, 15) is 9.59 Å². The number of methoxy groups -OCH3 is 1. The summed E-state index contributed by atoms with van der Waals surface area (Å²) in [6, 6.07) is 5.51. The van der Waals surface area contributed by atoms with Crippen LogP contribution in [-0.4, -0.2) is 87.0 Å². The van der Waals surface area contributed by atoms with E-state index in [2.05, 4.69) is 29.1 Å². The Hall–Kier alpha value is -2.12. The summed E-state index contributed by atoms with van der Waals surface area (Å²) in [6.45, 7) is 6.43. The third-order valence-electron chi connectivity index (χ3n) is 5.07. The van der Waals surface area contributed by atoms with Crippen LogP contribution >= 0.6 is 0 Å². The molecule has 1 aliphatic heterocycles. The molecule has 0 spiro atoms. The molecule has 1 atom stereocenters. The molecule has 1 fully saturated rings.